The number of ether oxygens (including phenoxy) is 1. The van der Waals surface area contributed by atoms with Gasteiger partial charge in [0, 0.05) is 17.0 Å². The van der Waals surface area contributed by atoms with E-state index in [0.717, 1.165) is 11.1 Å². The van der Waals surface area contributed by atoms with Crippen molar-refractivity contribution in [3.05, 3.63) is 35.4 Å². The van der Waals surface area contributed by atoms with E-state index >= 15 is 0 Å². The second-order valence-corrected chi connectivity index (χ2v) is 2.46. The molecule has 1 aromatic rings. The van der Waals surface area contributed by atoms with E-state index in [4.69, 9.17) is 6.42 Å². The van der Waals surface area contributed by atoms with Gasteiger partial charge in [0.2, 0.25) is 0 Å². The van der Waals surface area contributed by atoms with E-state index in [9.17, 15) is 4.79 Å². The van der Waals surface area contributed by atoms with Crippen LogP contribution in [-0.2, 0) is 9.53 Å². The molecule has 2 heteroatoms. The third kappa shape index (κ3) is 2.69. The van der Waals surface area contributed by atoms with Crippen LogP contribution in [-0.4, -0.2) is 13.1 Å². The summed E-state index contributed by atoms with van der Waals surface area (Å²) in [6.07, 6.45) is 5.18. The maximum atomic E-state index is 10.7. The number of carbonyl (C=O) groups excluding carboxylic acids is 1. The monoisotopic (exact) mass is 184 g/mol. The van der Waals surface area contributed by atoms with Crippen molar-refractivity contribution in [2.45, 2.75) is 0 Å². The van der Waals surface area contributed by atoms with E-state index < -0.39 is 5.97 Å². The van der Waals surface area contributed by atoms with Crippen molar-refractivity contribution in [3.63, 3.8) is 0 Å². The maximum absolute atomic E-state index is 10.7. The minimum Gasteiger partial charge on any atom is -0.459 e. The predicted octanol–water partition coefficient (Wildman–Crippen LogP) is 1.19. The molecular formula is C12H8O2. The van der Waals surface area contributed by atoms with Crippen LogP contribution in [0.5, 0.6) is 0 Å². The molecule has 1 aromatic carbocycles. The Kier molecular flexibility index (Phi) is 3.35. The standard InChI is InChI=1S/C12H8O2/c1-3-10-4-6-11(7-5-10)8-9-12(13)14-2/h1,4-7H,2H3. The summed E-state index contributed by atoms with van der Waals surface area (Å²) in [7, 11) is 1.29. The van der Waals surface area contributed by atoms with Crippen molar-refractivity contribution in [3.8, 4) is 24.2 Å². The fraction of sp³-hybridized carbons (Fsp3) is 0.0833. The minimum atomic E-state index is -0.550. The summed E-state index contributed by atoms with van der Waals surface area (Å²) in [5.74, 6) is 6.92. The zero-order valence-electron chi connectivity index (χ0n) is 7.70. The van der Waals surface area contributed by atoms with E-state index in [2.05, 4.69) is 22.5 Å². The molecule has 0 fully saturated rings. The van der Waals surface area contributed by atoms with Crippen LogP contribution in [0.2, 0.25) is 0 Å². The summed E-state index contributed by atoms with van der Waals surface area (Å²) in [6.45, 7) is 0. The summed E-state index contributed by atoms with van der Waals surface area (Å²) in [4.78, 5) is 10.7. The fourth-order valence-corrected chi connectivity index (χ4v) is 0.824. The van der Waals surface area contributed by atoms with Gasteiger partial charge in [-0.15, -0.1) is 6.42 Å². The molecule has 0 atom stereocenters. The molecule has 0 unspecified atom stereocenters. The Morgan fingerprint density at radius 2 is 1.86 bits per heavy atom. The number of rotatable bonds is 0. The molecule has 14 heavy (non-hydrogen) atoms. The number of hydrogen-bond donors (Lipinski definition) is 0. The Morgan fingerprint density at radius 3 is 2.36 bits per heavy atom. The molecule has 1 rings (SSSR count). The number of terminal acetylenes is 1. The van der Waals surface area contributed by atoms with Gasteiger partial charge in [-0.05, 0) is 24.3 Å². The topological polar surface area (TPSA) is 26.3 Å². The largest absolute Gasteiger partial charge is 0.459 e. The Balaban J connectivity index is 2.83. The summed E-state index contributed by atoms with van der Waals surface area (Å²) in [5, 5.41) is 0. The van der Waals surface area contributed by atoms with Crippen molar-refractivity contribution >= 4 is 5.97 Å². The first kappa shape index (κ1) is 9.89. The second kappa shape index (κ2) is 4.74. The molecule has 0 amide bonds. The van der Waals surface area contributed by atoms with Gasteiger partial charge < -0.3 is 4.74 Å². The van der Waals surface area contributed by atoms with Crippen LogP contribution in [0.4, 0.5) is 0 Å². The van der Waals surface area contributed by atoms with Gasteiger partial charge in [-0.25, -0.2) is 4.79 Å². The van der Waals surface area contributed by atoms with E-state index in [1.54, 1.807) is 24.3 Å². The molecule has 0 saturated heterocycles. The normalized spacial score (nSPS) is 8.00. The lowest BCUT2D eigenvalue weighted by atomic mass is 10.1. The highest BCUT2D eigenvalue weighted by atomic mass is 16.5. The SMILES string of the molecule is C#Cc1ccc(C#CC(=O)OC)cc1. The Bertz CT molecular complexity index is 424. The minimum absolute atomic E-state index is 0.550. The molecule has 0 heterocycles. The average molecular weight is 184 g/mol. The lowest BCUT2D eigenvalue weighted by Crippen LogP contribution is -1.94. The van der Waals surface area contributed by atoms with Crippen molar-refractivity contribution < 1.29 is 9.53 Å². The quantitative estimate of drug-likeness (QED) is 0.447. The van der Waals surface area contributed by atoms with Gasteiger partial charge in [0.15, 0.2) is 0 Å². The smallest absolute Gasteiger partial charge is 0.384 e. The summed E-state index contributed by atoms with van der Waals surface area (Å²) < 4.78 is 4.37. The highest BCUT2D eigenvalue weighted by molar-refractivity contribution is 5.88. The number of hydrogen-bond acceptors (Lipinski definition) is 2. The van der Waals surface area contributed by atoms with E-state index in [1.165, 1.54) is 7.11 Å². The average Bonchev–Trinajstić information content (AvgIpc) is 2.26. The third-order valence-electron chi connectivity index (χ3n) is 1.55. The van der Waals surface area contributed by atoms with Gasteiger partial charge in [0.1, 0.15) is 0 Å². The predicted molar refractivity (Wildman–Crippen MR) is 53.3 cm³/mol. The maximum Gasteiger partial charge on any atom is 0.384 e. The third-order valence-corrected chi connectivity index (χ3v) is 1.55. The molecule has 0 saturated carbocycles. The molecule has 0 aliphatic rings. The molecule has 0 aliphatic heterocycles. The van der Waals surface area contributed by atoms with Crippen LogP contribution >= 0.6 is 0 Å². The summed E-state index contributed by atoms with van der Waals surface area (Å²) in [5.41, 5.74) is 1.52. The molecule has 0 aliphatic carbocycles. The van der Waals surface area contributed by atoms with Gasteiger partial charge in [-0.1, -0.05) is 11.8 Å². The van der Waals surface area contributed by atoms with Crippen LogP contribution in [0.25, 0.3) is 0 Å². The molecular weight excluding hydrogens is 176 g/mol. The van der Waals surface area contributed by atoms with E-state index in [0.29, 0.717) is 0 Å². The number of esters is 1. The van der Waals surface area contributed by atoms with Gasteiger partial charge in [-0.3, -0.25) is 0 Å². The zero-order valence-corrected chi connectivity index (χ0v) is 7.70. The van der Waals surface area contributed by atoms with E-state index in [1.807, 2.05) is 0 Å². The van der Waals surface area contributed by atoms with Gasteiger partial charge in [-0.2, -0.15) is 0 Å². The first-order valence-corrected chi connectivity index (χ1v) is 3.93. The molecule has 0 spiro atoms. The Hall–Kier alpha value is -2.19. The summed E-state index contributed by atoms with van der Waals surface area (Å²) in [6, 6.07) is 7.04. The molecule has 0 aromatic heterocycles. The molecule has 0 N–H and O–H groups in total. The van der Waals surface area contributed by atoms with Crippen molar-refractivity contribution in [1.82, 2.24) is 0 Å². The van der Waals surface area contributed by atoms with Crippen LogP contribution in [0.1, 0.15) is 11.1 Å². The van der Waals surface area contributed by atoms with Crippen molar-refractivity contribution in [2.75, 3.05) is 7.11 Å². The van der Waals surface area contributed by atoms with Crippen LogP contribution < -0.4 is 0 Å². The number of methoxy groups -OCH3 is 1. The lowest BCUT2D eigenvalue weighted by molar-refractivity contribution is -0.133. The van der Waals surface area contributed by atoms with Gasteiger partial charge in [0.05, 0.1) is 7.11 Å². The number of carbonyl (C=O) groups is 1. The van der Waals surface area contributed by atoms with Crippen LogP contribution in [0.3, 0.4) is 0 Å². The highest BCUT2D eigenvalue weighted by Crippen LogP contribution is 2.01. The van der Waals surface area contributed by atoms with Crippen LogP contribution in [0.15, 0.2) is 24.3 Å². The van der Waals surface area contributed by atoms with Gasteiger partial charge in [0.25, 0.3) is 0 Å². The van der Waals surface area contributed by atoms with Crippen molar-refractivity contribution in [1.29, 1.82) is 0 Å². The molecule has 0 radical (unpaired) electrons. The summed E-state index contributed by atoms with van der Waals surface area (Å²) >= 11 is 0. The van der Waals surface area contributed by atoms with Gasteiger partial charge >= 0.3 is 5.97 Å². The van der Waals surface area contributed by atoms with Crippen molar-refractivity contribution in [2.24, 2.45) is 0 Å². The lowest BCUT2D eigenvalue weighted by Gasteiger charge is -1.90. The van der Waals surface area contributed by atoms with Crippen LogP contribution in [0, 0.1) is 24.2 Å². The molecule has 68 valence electrons. The second-order valence-electron chi connectivity index (χ2n) is 2.46. The first-order valence-electron chi connectivity index (χ1n) is 3.93. The Morgan fingerprint density at radius 1 is 1.29 bits per heavy atom. The fourth-order valence-electron chi connectivity index (χ4n) is 0.824. The highest BCUT2D eigenvalue weighted by Gasteiger charge is 1.91. The Labute approximate surface area is 82.9 Å². The number of benzene rings is 1. The zero-order chi connectivity index (χ0) is 10.4. The molecule has 2 nitrogen and oxygen atoms in total. The van der Waals surface area contributed by atoms with E-state index in [-0.39, 0.29) is 0 Å². The molecule has 0 bridgehead atoms. The first-order chi connectivity index (χ1) is 6.76.